The predicted octanol–water partition coefficient (Wildman–Crippen LogP) is 2.19. The number of aryl methyl sites for hydroxylation is 3. The average Bonchev–Trinajstić information content (AvgIpc) is 2.83. The van der Waals surface area contributed by atoms with E-state index in [1.54, 1.807) is 29.1 Å². The number of nitrogens with zero attached hydrogens (tertiary/aromatic N) is 2. The largest absolute Gasteiger partial charge is 0.478 e. The highest BCUT2D eigenvalue weighted by molar-refractivity contribution is 7.07. The molecule has 2 rings (SSSR count). The lowest BCUT2D eigenvalue weighted by Crippen LogP contribution is -2.01. The highest BCUT2D eigenvalue weighted by atomic mass is 32.1. The van der Waals surface area contributed by atoms with E-state index in [1.807, 2.05) is 5.38 Å². The van der Waals surface area contributed by atoms with Gasteiger partial charge < -0.3 is 5.11 Å². The Bertz CT molecular complexity index is 488. The number of aromatic carboxylic acids is 1. The summed E-state index contributed by atoms with van der Waals surface area (Å²) in [6.07, 6.45) is 2.47. The first-order chi connectivity index (χ1) is 7.66. The minimum atomic E-state index is -0.917. The molecule has 1 N–H and O–H groups in total. The van der Waals surface area contributed by atoms with Crippen molar-refractivity contribution in [2.75, 3.05) is 0 Å². The summed E-state index contributed by atoms with van der Waals surface area (Å²) < 4.78 is 1.69. The average molecular weight is 236 g/mol. The lowest BCUT2D eigenvalue weighted by Gasteiger charge is -1.98. The molecular formula is C11H12N2O2S. The van der Waals surface area contributed by atoms with E-state index in [1.165, 1.54) is 5.56 Å². The molecule has 0 spiro atoms. The van der Waals surface area contributed by atoms with Crippen molar-refractivity contribution in [2.24, 2.45) is 0 Å². The first kappa shape index (κ1) is 10.9. The van der Waals surface area contributed by atoms with Gasteiger partial charge in [-0.25, -0.2) is 4.79 Å². The number of hydrogen-bond donors (Lipinski definition) is 1. The summed E-state index contributed by atoms with van der Waals surface area (Å²) in [5.41, 5.74) is 2.11. The Morgan fingerprint density at radius 1 is 1.62 bits per heavy atom. The minimum Gasteiger partial charge on any atom is -0.478 e. The van der Waals surface area contributed by atoms with Gasteiger partial charge in [-0.2, -0.15) is 16.4 Å². The Hall–Kier alpha value is -1.62. The van der Waals surface area contributed by atoms with Crippen molar-refractivity contribution >= 4 is 17.3 Å². The van der Waals surface area contributed by atoms with Gasteiger partial charge in [0.05, 0.1) is 5.69 Å². The molecular weight excluding hydrogens is 224 g/mol. The van der Waals surface area contributed by atoms with Gasteiger partial charge in [0, 0.05) is 12.7 Å². The van der Waals surface area contributed by atoms with E-state index in [2.05, 4.69) is 16.5 Å². The molecule has 0 saturated heterocycles. The van der Waals surface area contributed by atoms with Gasteiger partial charge in [-0.15, -0.1) is 0 Å². The van der Waals surface area contributed by atoms with Crippen molar-refractivity contribution in [3.8, 4) is 0 Å². The van der Waals surface area contributed by atoms with E-state index in [0.29, 0.717) is 12.2 Å². The molecule has 0 saturated carbocycles. The molecule has 0 aliphatic heterocycles. The summed E-state index contributed by atoms with van der Waals surface area (Å²) in [6.45, 7) is 2.43. The first-order valence-electron chi connectivity index (χ1n) is 4.95. The zero-order chi connectivity index (χ0) is 11.5. The maximum atomic E-state index is 10.8. The van der Waals surface area contributed by atoms with Gasteiger partial charge in [-0.05, 0) is 35.7 Å². The fraction of sp³-hybridized carbons (Fsp3) is 0.273. The third-order valence-corrected chi connectivity index (χ3v) is 3.12. The number of rotatable bonds is 4. The molecule has 0 fully saturated rings. The van der Waals surface area contributed by atoms with E-state index >= 15 is 0 Å². The minimum absolute atomic E-state index is 0.283. The van der Waals surface area contributed by atoms with E-state index in [0.717, 1.165) is 6.42 Å². The third-order valence-electron chi connectivity index (χ3n) is 2.39. The van der Waals surface area contributed by atoms with Crippen molar-refractivity contribution in [3.63, 3.8) is 0 Å². The molecule has 0 atom stereocenters. The van der Waals surface area contributed by atoms with Gasteiger partial charge >= 0.3 is 5.97 Å². The maximum Gasteiger partial charge on any atom is 0.339 e. The fourth-order valence-corrected chi connectivity index (χ4v) is 2.22. The summed E-state index contributed by atoms with van der Waals surface area (Å²) in [6, 6.07) is 2.07. The molecule has 0 bridgehead atoms. The molecule has 0 radical (unpaired) electrons. The molecule has 0 aromatic carbocycles. The van der Waals surface area contributed by atoms with Crippen molar-refractivity contribution in [1.82, 2.24) is 9.78 Å². The zero-order valence-corrected chi connectivity index (χ0v) is 9.70. The lowest BCUT2D eigenvalue weighted by molar-refractivity contribution is 0.0696. The third kappa shape index (κ3) is 2.30. The van der Waals surface area contributed by atoms with Gasteiger partial charge in [0.2, 0.25) is 0 Å². The Morgan fingerprint density at radius 3 is 3.00 bits per heavy atom. The number of carboxylic acids is 1. The summed E-state index contributed by atoms with van der Waals surface area (Å²) in [4.78, 5) is 10.8. The van der Waals surface area contributed by atoms with Crippen LogP contribution in [0.15, 0.2) is 23.0 Å². The topological polar surface area (TPSA) is 55.1 Å². The van der Waals surface area contributed by atoms with Gasteiger partial charge in [0.1, 0.15) is 5.56 Å². The second-order valence-corrected chi connectivity index (χ2v) is 4.36. The highest BCUT2D eigenvalue weighted by Gasteiger charge is 2.11. The van der Waals surface area contributed by atoms with Crippen LogP contribution in [0.25, 0.3) is 0 Å². The van der Waals surface area contributed by atoms with E-state index in [9.17, 15) is 4.79 Å². The molecule has 5 heteroatoms. The molecule has 2 aromatic rings. The number of carbonyl (C=O) groups is 1. The second kappa shape index (κ2) is 4.49. The van der Waals surface area contributed by atoms with Crippen molar-refractivity contribution < 1.29 is 9.90 Å². The Labute approximate surface area is 97.2 Å². The van der Waals surface area contributed by atoms with Crippen LogP contribution in [0.4, 0.5) is 0 Å². The first-order valence-corrected chi connectivity index (χ1v) is 5.89. The van der Waals surface area contributed by atoms with E-state index in [4.69, 9.17) is 5.11 Å². The van der Waals surface area contributed by atoms with Crippen LogP contribution in [0.3, 0.4) is 0 Å². The second-order valence-electron chi connectivity index (χ2n) is 3.58. The van der Waals surface area contributed by atoms with Gasteiger partial charge in [0.25, 0.3) is 0 Å². The molecule has 4 nitrogen and oxygen atoms in total. The van der Waals surface area contributed by atoms with Crippen LogP contribution in [-0.2, 0) is 13.0 Å². The highest BCUT2D eigenvalue weighted by Crippen LogP contribution is 2.09. The van der Waals surface area contributed by atoms with Crippen LogP contribution in [0, 0.1) is 6.92 Å². The van der Waals surface area contributed by atoms with Crippen LogP contribution in [0.1, 0.15) is 21.6 Å². The Morgan fingerprint density at radius 2 is 2.44 bits per heavy atom. The van der Waals surface area contributed by atoms with Crippen LogP contribution in [0.5, 0.6) is 0 Å². The molecule has 0 unspecified atom stereocenters. The monoisotopic (exact) mass is 236 g/mol. The Kier molecular flexibility index (Phi) is 3.05. The van der Waals surface area contributed by atoms with Crippen molar-refractivity contribution in [1.29, 1.82) is 0 Å². The molecule has 2 aromatic heterocycles. The molecule has 0 aliphatic carbocycles. The van der Waals surface area contributed by atoms with Gasteiger partial charge in [-0.1, -0.05) is 0 Å². The van der Waals surface area contributed by atoms with E-state index in [-0.39, 0.29) is 5.56 Å². The van der Waals surface area contributed by atoms with Crippen LogP contribution >= 0.6 is 11.3 Å². The summed E-state index contributed by atoms with van der Waals surface area (Å²) >= 11 is 1.66. The standard InChI is InChI=1S/C11H12N2O2S/c1-8-10(11(14)15)6-13(12-8)4-2-9-3-5-16-7-9/h3,5-7H,2,4H2,1H3,(H,14,15). The van der Waals surface area contributed by atoms with Gasteiger partial charge in [0.15, 0.2) is 0 Å². The fourth-order valence-electron chi connectivity index (χ4n) is 1.52. The lowest BCUT2D eigenvalue weighted by atomic mass is 10.2. The van der Waals surface area contributed by atoms with Crippen molar-refractivity contribution in [3.05, 3.63) is 39.8 Å². The molecule has 0 amide bonds. The van der Waals surface area contributed by atoms with Crippen LogP contribution in [-0.4, -0.2) is 20.9 Å². The normalized spacial score (nSPS) is 10.6. The molecule has 84 valence electrons. The summed E-state index contributed by atoms with van der Waals surface area (Å²) in [7, 11) is 0. The predicted molar refractivity (Wildman–Crippen MR) is 61.9 cm³/mol. The van der Waals surface area contributed by atoms with Crippen molar-refractivity contribution in [2.45, 2.75) is 19.9 Å². The molecule has 16 heavy (non-hydrogen) atoms. The summed E-state index contributed by atoms with van der Waals surface area (Å²) in [5, 5.41) is 17.2. The number of aromatic nitrogens is 2. The van der Waals surface area contributed by atoms with Crippen LogP contribution in [0.2, 0.25) is 0 Å². The zero-order valence-electron chi connectivity index (χ0n) is 8.88. The van der Waals surface area contributed by atoms with Gasteiger partial charge in [-0.3, -0.25) is 4.68 Å². The molecule has 2 heterocycles. The van der Waals surface area contributed by atoms with E-state index < -0.39 is 5.97 Å². The quantitative estimate of drug-likeness (QED) is 0.885. The SMILES string of the molecule is Cc1nn(CCc2ccsc2)cc1C(=O)O. The van der Waals surface area contributed by atoms with Crippen LogP contribution < -0.4 is 0 Å². The number of hydrogen-bond acceptors (Lipinski definition) is 3. The number of carboxylic acid groups (broad SMARTS) is 1. The molecule has 0 aliphatic rings. The maximum absolute atomic E-state index is 10.8. The Balaban J connectivity index is 2.05. The number of thiophene rings is 1. The smallest absolute Gasteiger partial charge is 0.339 e. The summed E-state index contributed by atoms with van der Waals surface area (Å²) in [5.74, 6) is -0.917.